The summed E-state index contributed by atoms with van der Waals surface area (Å²) in [5.74, 6) is 0. The quantitative estimate of drug-likeness (QED) is 0.0423. The highest BCUT2D eigenvalue weighted by atomic mass is 16.7. The van der Waals surface area contributed by atoms with Crippen LogP contribution in [0.3, 0.4) is 0 Å². The van der Waals surface area contributed by atoms with E-state index in [2.05, 4.69) is 4.74 Å². The summed E-state index contributed by atoms with van der Waals surface area (Å²) in [6.07, 6.45) is -46.5. The third-order valence-electron chi connectivity index (χ3n) is 11.1. The Hall–Kier alpha value is -2.72. The number of hydrogen-bond acceptors (Lipinski definition) is 39. The molecule has 3 aliphatic heterocycles. The number of rotatable bonds is 23. The second-order valence-corrected chi connectivity index (χ2v) is 17.2. The molecular weight excluding hydrogens is 1120 g/mol. The molecule has 0 unspecified atom stereocenters. The smallest absolute Gasteiger partial charge is 0.186 e. The first-order valence-electron chi connectivity index (χ1n) is 23.2. The van der Waals surface area contributed by atoms with Gasteiger partial charge >= 0.3 is 0 Å². The average molecular weight is 1200 g/mol. The predicted molar refractivity (Wildman–Crippen MR) is 246 cm³/mol. The maximum Gasteiger partial charge on any atom is 0.186 e. The van der Waals surface area contributed by atoms with Crippen LogP contribution in [0.5, 0.6) is 0 Å². The molecule has 3 saturated heterocycles. The first-order valence-corrected chi connectivity index (χ1v) is 23.2. The maximum absolute atomic E-state index is 9.90. The number of ether oxygens (including phenoxy) is 4. The Morgan fingerprint density at radius 3 is 0.938 bits per heavy atom. The van der Waals surface area contributed by atoms with Gasteiger partial charge < -0.3 is 196 Å². The number of aldehydes is 4. The number of carbonyl (C=O) groups is 4. The molecule has 0 spiro atoms. The van der Waals surface area contributed by atoms with Crippen LogP contribution in [0.4, 0.5) is 0 Å². The number of hydrogen-bond donors (Lipinski definition) is 31. The molecule has 0 radical (unpaired) electrons. The molecule has 0 aromatic heterocycles. The molecule has 0 aliphatic carbocycles. The fourth-order valence-electron chi connectivity index (χ4n) is 5.77. The van der Waals surface area contributed by atoms with Crippen LogP contribution >= 0.6 is 0 Å². The minimum Gasteiger partial charge on any atom is -0.394 e. The van der Waals surface area contributed by atoms with Crippen molar-refractivity contribution in [2.75, 3.05) is 39.6 Å². The Kier molecular flexibility index (Phi) is 42.9. The second-order valence-electron chi connectivity index (χ2n) is 17.2. The minimum absolute atomic E-state index is 0.0258. The molecule has 0 amide bonds. The van der Waals surface area contributed by atoms with Gasteiger partial charge in [0.1, 0.15) is 159 Å². The van der Waals surface area contributed by atoms with Gasteiger partial charge in [-0.1, -0.05) is 0 Å². The normalized spacial score (nSPS) is 34.0. The Morgan fingerprint density at radius 1 is 0.350 bits per heavy atom. The zero-order valence-corrected chi connectivity index (χ0v) is 42.0. The molecule has 30 atom stereocenters. The summed E-state index contributed by atoms with van der Waals surface area (Å²) in [5, 5.41) is 277. The van der Waals surface area contributed by atoms with Crippen molar-refractivity contribution in [2.45, 2.75) is 191 Å². The topological polar surface area (TPSA) is 732 Å². The van der Waals surface area contributed by atoms with Gasteiger partial charge in [0.25, 0.3) is 0 Å². The van der Waals surface area contributed by atoms with Crippen LogP contribution < -0.4 is 0 Å². The van der Waals surface area contributed by atoms with Crippen molar-refractivity contribution in [1.82, 2.24) is 0 Å². The third-order valence-corrected chi connectivity index (χ3v) is 11.1. The highest BCUT2D eigenvalue weighted by Gasteiger charge is 2.47. The lowest BCUT2D eigenvalue weighted by molar-refractivity contribution is -0.325. The fourth-order valence-corrected chi connectivity index (χ4v) is 5.77. The minimum atomic E-state index is -1.79. The highest BCUT2D eigenvalue weighted by Crippen LogP contribution is 2.25. The van der Waals surface area contributed by atoms with E-state index in [1.807, 2.05) is 0 Å². The summed E-state index contributed by atoms with van der Waals surface area (Å²) in [4.78, 5) is 39.4. The molecule has 80 heavy (non-hydrogen) atoms. The monoisotopic (exact) mass is 1200 g/mol. The van der Waals surface area contributed by atoms with Gasteiger partial charge in [-0.15, -0.1) is 0 Å². The van der Waals surface area contributed by atoms with Crippen molar-refractivity contribution >= 4 is 25.1 Å². The molecule has 0 bridgehead atoms. The van der Waals surface area contributed by atoms with Crippen LogP contribution in [0.1, 0.15) is 6.92 Å². The van der Waals surface area contributed by atoms with E-state index in [4.69, 9.17) is 137 Å². The van der Waals surface area contributed by atoms with E-state index in [9.17, 15) is 54.9 Å². The lowest BCUT2D eigenvalue weighted by Gasteiger charge is -2.41. The maximum atomic E-state index is 9.90. The lowest BCUT2D eigenvalue weighted by Crippen LogP contribution is -2.61. The van der Waals surface area contributed by atoms with Crippen molar-refractivity contribution in [3.8, 4) is 0 Å². The standard InChI is InChI=1S/C12H22O11.3C6H12O6.C6H12O5.C5H10O5/c13-1-3-5(14)8(17)10(19)12(23-3)21-2-4-6(15)7(16)9(18)11(20)22-4;7-1-2-3(8)4(9)5(10)6(11)12-2;2*7-1-3(9)5(11)6(12)4(10)2-8;1-3(8)5(10)6(11)4(9)2-7;6-1-3(8)5(10)4(9)2-7/h3-20H,1-2H2;2-11H,1H2;2*1,3-6,8-12H,2H2;2-6,8-11H,1H3;1,3-5,7-10H,2H2/t3-,4-,5-,6-,7+,8+,9-,10-,11-,12-;2-,3+,4-,5+,6-;3-,4+,5+,6+;3-,4+,5-,6-;3-,4+,5+,6-;3-,4-,5-/m110001/s1. The van der Waals surface area contributed by atoms with E-state index in [0.29, 0.717) is 0 Å². The first kappa shape index (κ1) is 81.5. The van der Waals surface area contributed by atoms with E-state index in [-0.39, 0.29) is 25.1 Å². The van der Waals surface area contributed by atoms with Gasteiger partial charge in [-0.25, -0.2) is 0 Å². The molecule has 0 saturated carbocycles. The summed E-state index contributed by atoms with van der Waals surface area (Å²) >= 11 is 0. The lowest BCUT2D eigenvalue weighted by atomic mass is 9.98. The van der Waals surface area contributed by atoms with E-state index in [0.717, 1.165) is 0 Å². The predicted octanol–water partition coefficient (Wildman–Crippen LogP) is -20.5. The molecule has 3 heterocycles. The van der Waals surface area contributed by atoms with Gasteiger partial charge in [-0.2, -0.15) is 0 Å². The molecule has 3 fully saturated rings. The van der Waals surface area contributed by atoms with E-state index in [1.54, 1.807) is 0 Å². The van der Waals surface area contributed by atoms with Gasteiger partial charge in [0.15, 0.2) is 44.0 Å². The molecule has 478 valence electrons. The number of carbonyl (C=O) groups excluding carboxylic acids is 4. The summed E-state index contributed by atoms with van der Waals surface area (Å²) < 4.78 is 19.7. The largest absolute Gasteiger partial charge is 0.394 e. The number of aliphatic hydroxyl groups excluding tert-OH is 31. The Balaban J connectivity index is -0.000000920. The van der Waals surface area contributed by atoms with Crippen LogP contribution in [-0.2, 0) is 38.1 Å². The molecule has 3 aliphatic rings. The van der Waals surface area contributed by atoms with Crippen LogP contribution in [0.15, 0.2) is 0 Å². The van der Waals surface area contributed by atoms with Gasteiger partial charge in [-0.3, -0.25) is 0 Å². The van der Waals surface area contributed by atoms with E-state index in [1.165, 1.54) is 6.92 Å². The van der Waals surface area contributed by atoms with Crippen LogP contribution in [0.25, 0.3) is 0 Å². The van der Waals surface area contributed by atoms with Crippen LogP contribution in [0, 0.1) is 0 Å². The second kappa shape index (κ2) is 42.1. The highest BCUT2D eigenvalue weighted by molar-refractivity contribution is 5.57. The fraction of sp³-hybridized carbons (Fsp3) is 0.902. The molecule has 3 rings (SSSR count). The first-order chi connectivity index (χ1) is 37.1. The third kappa shape index (κ3) is 26.9. The molecular formula is C41H80O39. The SMILES string of the molecule is C[C@H](O)[C@@H](O)[C@@H](O)[C@H](O)C=O.O=C[C@@H](O)[C@@H](O)[C@H](O)CO.O=C[C@H](O)[C@@H](O)[C@H](O)[C@H](O)CO.O=C[C@H](O)[C@H](O)[C@@H](O)[C@H](O)CO.OC[C@H]1O[C@@H](O)[C@@H](O)[C@H](O)[C@H]1O.OC[C@H]1O[C@@H](OC[C@H]2O[C@@H](O)[C@H](O)[C@@H](O)[C@@H]2O)[C@H](O)[C@@H](O)[C@@H]1O. The molecule has 0 aromatic carbocycles. The Bertz CT molecular complexity index is 1560. The number of aliphatic hydroxyl groups is 31. The average Bonchev–Trinajstić information content (AvgIpc) is 3.46. The van der Waals surface area contributed by atoms with Crippen molar-refractivity contribution in [2.24, 2.45) is 0 Å². The summed E-state index contributed by atoms with van der Waals surface area (Å²) in [5.41, 5.74) is 0. The van der Waals surface area contributed by atoms with Gasteiger partial charge in [0, 0.05) is 0 Å². The van der Waals surface area contributed by atoms with Crippen molar-refractivity contribution in [1.29, 1.82) is 0 Å². The van der Waals surface area contributed by atoms with Gasteiger partial charge in [0.2, 0.25) is 0 Å². The Labute approximate surface area is 451 Å². The van der Waals surface area contributed by atoms with E-state index < -0.39 is 223 Å². The van der Waals surface area contributed by atoms with Crippen molar-refractivity contribution < 1.29 is 196 Å². The summed E-state index contributed by atoms with van der Waals surface area (Å²) in [6.45, 7) is -2.59. The zero-order valence-electron chi connectivity index (χ0n) is 42.0. The van der Waals surface area contributed by atoms with Gasteiger partial charge in [-0.05, 0) is 6.92 Å². The van der Waals surface area contributed by atoms with Crippen LogP contribution in [0.2, 0.25) is 0 Å². The molecule has 39 nitrogen and oxygen atoms in total. The van der Waals surface area contributed by atoms with E-state index >= 15 is 0 Å². The van der Waals surface area contributed by atoms with Crippen molar-refractivity contribution in [3.63, 3.8) is 0 Å². The van der Waals surface area contributed by atoms with Gasteiger partial charge in [0.05, 0.1) is 45.7 Å². The Morgan fingerprint density at radius 2 is 0.625 bits per heavy atom. The molecule has 31 N–H and O–H groups in total. The molecule has 0 aromatic rings. The summed E-state index contributed by atoms with van der Waals surface area (Å²) in [6, 6.07) is 0. The molecule has 39 heteroatoms. The van der Waals surface area contributed by atoms with Crippen LogP contribution in [-0.4, -0.2) is 407 Å². The summed E-state index contributed by atoms with van der Waals surface area (Å²) in [7, 11) is 0. The van der Waals surface area contributed by atoms with Crippen molar-refractivity contribution in [3.05, 3.63) is 0 Å². The zero-order chi connectivity index (χ0) is 63.2.